The van der Waals surface area contributed by atoms with Crippen LogP contribution in [0.4, 0.5) is 11.9 Å². The Kier molecular flexibility index (Phi) is 13.6. The lowest BCUT2D eigenvalue weighted by atomic mass is 10.0. The first kappa shape index (κ1) is 37.0. The van der Waals surface area contributed by atoms with Crippen LogP contribution in [-0.2, 0) is 6.54 Å². The maximum atomic E-state index is 6.44. The average Bonchev–Trinajstić information content (AvgIpc) is 3.19. The van der Waals surface area contributed by atoms with E-state index >= 15 is 0 Å². The number of hydrogen-bond acceptors (Lipinski definition) is 10. The topological polar surface area (TPSA) is 109 Å². The largest absolute Gasteiger partial charge is 0.492 e. The smallest absolute Gasteiger partial charge is 0.222 e. The van der Waals surface area contributed by atoms with E-state index in [0.29, 0.717) is 47.8 Å². The van der Waals surface area contributed by atoms with Gasteiger partial charge in [-0.25, -0.2) is 19.9 Å². The van der Waals surface area contributed by atoms with Gasteiger partial charge >= 0.3 is 0 Å². The molecular formula is C41H49ClN8O2. The number of halogens is 1. The second-order valence-electron chi connectivity index (χ2n) is 13.0. The van der Waals surface area contributed by atoms with Crippen molar-refractivity contribution < 1.29 is 9.47 Å². The lowest BCUT2D eigenvalue weighted by Crippen LogP contribution is -2.39. The standard InChI is InChI=1S/C26H31ClN4O2.C15H18N4/c1-3-32-23-14-19(15-24(25(23)27)33-4-2)18-31-12-10-22(11-13-31)30-26-28-16-21(17-29-26)20-8-6-5-7-9-20;1-2-4-12(5-3-1)13-10-17-15(18-11-13)19-14-6-8-16-9-7-14/h5-9,14-17,22H,3-4,10-13,18H2,1-2H3,(H,28,29,30);1-5,10-11,14,16H,6-9H2,(H,17,18,19). The highest BCUT2D eigenvalue weighted by Gasteiger charge is 2.21. The fraction of sp³-hybridized carbons (Fsp3) is 0.366. The van der Waals surface area contributed by atoms with Crippen molar-refractivity contribution >= 4 is 23.5 Å². The molecule has 4 heterocycles. The summed E-state index contributed by atoms with van der Waals surface area (Å²) in [5.41, 5.74) is 5.50. The van der Waals surface area contributed by atoms with Crippen molar-refractivity contribution in [3.05, 3.63) is 108 Å². The zero-order valence-corrected chi connectivity index (χ0v) is 30.9. The molecule has 52 heavy (non-hydrogen) atoms. The van der Waals surface area contributed by atoms with Gasteiger partial charge in [0, 0.05) is 67.6 Å². The molecule has 0 radical (unpaired) electrons. The van der Waals surface area contributed by atoms with Crippen LogP contribution in [0.5, 0.6) is 11.5 Å². The Morgan fingerprint density at radius 3 is 1.54 bits per heavy atom. The summed E-state index contributed by atoms with van der Waals surface area (Å²) in [7, 11) is 0. The van der Waals surface area contributed by atoms with E-state index < -0.39 is 0 Å². The van der Waals surface area contributed by atoms with E-state index in [9.17, 15) is 0 Å². The molecular weight excluding hydrogens is 672 g/mol. The number of ether oxygens (including phenoxy) is 2. The fourth-order valence-corrected chi connectivity index (χ4v) is 6.65. The van der Waals surface area contributed by atoms with Gasteiger partial charge in [-0.2, -0.15) is 0 Å². The van der Waals surface area contributed by atoms with Crippen LogP contribution in [0, 0.1) is 0 Å². The lowest BCUT2D eigenvalue weighted by molar-refractivity contribution is 0.210. The molecule has 2 aliphatic rings. The van der Waals surface area contributed by atoms with Crippen LogP contribution in [0.1, 0.15) is 45.1 Å². The quantitative estimate of drug-likeness (QED) is 0.117. The third-order valence-electron chi connectivity index (χ3n) is 9.18. The molecule has 2 fully saturated rings. The molecule has 2 aliphatic heterocycles. The Balaban J connectivity index is 0.000000206. The summed E-state index contributed by atoms with van der Waals surface area (Å²) in [6.07, 6.45) is 11.9. The minimum atomic E-state index is 0.368. The van der Waals surface area contributed by atoms with Crippen LogP contribution in [0.25, 0.3) is 22.3 Å². The Morgan fingerprint density at radius 1 is 0.654 bits per heavy atom. The molecule has 0 atom stereocenters. The number of nitrogens with one attached hydrogen (secondary N) is 3. The SMILES string of the molecule is CCOc1cc(CN2CCC(Nc3ncc(-c4ccccc4)cn3)CC2)cc(OCC)c1Cl.c1ccc(-c2cnc(NC3CCNCC3)nc2)cc1. The van der Waals surface area contributed by atoms with Gasteiger partial charge in [0.15, 0.2) is 0 Å². The molecule has 0 saturated carbocycles. The molecule has 11 heteroatoms. The number of likely N-dealkylation sites (tertiary alicyclic amines) is 1. The molecule has 2 saturated heterocycles. The van der Waals surface area contributed by atoms with E-state index in [1.807, 2.05) is 87.2 Å². The molecule has 3 N–H and O–H groups in total. The molecule has 0 unspecified atom stereocenters. The van der Waals surface area contributed by atoms with Crippen molar-refractivity contribution in [2.75, 3.05) is 50.0 Å². The first-order valence-corrected chi connectivity index (χ1v) is 18.7. The van der Waals surface area contributed by atoms with Gasteiger partial charge in [-0.1, -0.05) is 72.3 Å². The highest BCUT2D eigenvalue weighted by molar-refractivity contribution is 6.33. The monoisotopic (exact) mass is 720 g/mol. The fourth-order valence-electron chi connectivity index (χ4n) is 6.43. The highest BCUT2D eigenvalue weighted by atomic mass is 35.5. The minimum absolute atomic E-state index is 0.368. The van der Waals surface area contributed by atoms with E-state index in [1.165, 1.54) is 0 Å². The van der Waals surface area contributed by atoms with Crippen LogP contribution in [-0.4, -0.2) is 76.3 Å². The zero-order valence-electron chi connectivity index (χ0n) is 30.1. The third kappa shape index (κ3) is 10.6. The Hall–Kier alpha value is -4.77. The van der Waals surface area contributed by atoms with Crippen molar-refractivity contribution in [3.63, 3.8) is 0 Å². The van der Waals surface area contributed by atoms with Gasteiger partial charge in [-0.3, -0.25) is 4.90 Å². The molecule has 272 valence electrons. The summed E-state index contributed by atoms with van der Waals surface area (Å²) in [4.78, 5) is 20.3. The molecule has 0 spiro atoms. The van der Waals surface area contributed by atoms with E-state index in [0.717, 1.165) is 92.2 Å². The van der Waals surface area contributed by atoms with E-state index in [1.54, 1.807) is 0 Å². The van der Waals surface area contributed by atoms with Gasteiger partial charge < -0.3 is 25.4 Å². The van der Waals surface area contributed by atoms with Gasteiger partial charge in [0.1, 0.15) is 16.5 Å². The van der Waals surface area contributed by atoms with Gasteiger partial charge in [0.2, 0.25) is 11.9 Å². The van der Waals surface area contributed by atoms with E-state index in [4.69, 9.17) is 21.1 Å². The molecule has 0 amide bonds. The molecule has 0 aliphatic carbocycles. The maximum Gasteiger partial charge on any atom is 0.222 e. The van der Waals surface area contributed by atoms with Crippen LogP contribution < -0.4 is 25.4 Å². The van der Waals surface area contributed by atoms with Crippen LogP contribution in [0.3, 0.4) is 0 Å². The van der Waals surface area contributed by atoms with Crippen LogP contribution >= 0.6 is 11.6 Å². The zero-order chi connectivity index (χ0) is 36.0. The molecule has 7 rings (SSSR count). The number of anilines is 2. The predicted molar refractivity (Wildman–Crippen MR) is 210 cm³/mol. The number of hydrogen-bond donors (Lipinski definition) is 3. The number of piperidine rings is 2. The second kappa shape index (κ2) is 19.2. The summed E-state index contributed by atoms with van der Waals surface area (Å²) in [6, 6.07) is 25.3. The summed E-state index contributed by atoms with van der Waals surface area (Å²) >= 11 is 6.44. The van der Waals surface area contributed by atoms with Crippen LogP contribution in [0.15, 0.2) is 97.6 Å². The van der Waals surface area contributed by atoms with E-state index in [2.05, 4.69) is 65.1 Å². The Labute approximate surface area is 312 Å². The number of aromatic nitrogens is 4. The predicted octanol–water partition coefficient (Wildman–Crippen LogP) is 7.98. The number of benzene rings is 3. The summed E-state index contributed by atoms with van der Waals surface area (Å²) in [5, 5.41) is 10.8. The van der Waals surface area contributed by atoms with Gasteiger partial charge in [0.25, 0.3) is 0 Å². The lowest BCUT2D eigenvalue weighted by Gasteiger charge is -2.32. The van der Waals surface area contributed by atoms with Crippen molar-refractivity contribution in [1.82, 2.24) is 30.2 Å². The minimum Gasteiger partial charge on any atom is -0.492 e. The highest BCUT2D eigenvalue weighted by Crippen LogP contribution is 2.36. The first-order valence-electron chi connectivity index (χ1n) is 18.4. The molecule has 2 aromatic heterocycles. The first-order chi connectivity index (χ1) is 25.6. The summed E-state index contributed by atoms with van der Waals surface area (Å²) in [5.74, 6) is 2.79. The summed E-state index contributed by atoms with van der Waals surface area (Å²) < 4.78 is 11.4. The second-order valence-corrected chi connectivity index (χ2v) is 13.3. The normalized spacial score (nSPS) is 15.3. The third-order valence-corrected chi connectivity index (χ3v) is 9.56. The van der Waals surface area contributed by atoms with Crippen LogP contribution in [0.2, 0.25) is 5.02 Å². The average molecular weight is 721 g/mol. The van der Waals surface area contributed by atoms with Gasteiger partial charge in [-0.05, 0) is 81.4 Å². The van der Waals surface area contributed by atoms with Gasteiger partial charge in [-0.15, -0.1) is 0 Å². The molecule has 3 aromatic carbocycles. The number of rotatable bonds is 12. The van der Waals surface area contributed by atoms with Crippen molar-refractivity contribution in [3.8, 4) is 33.8 Å². The Bertz CT molecular complexity index is 1760. The molecule has 10 nitrogen and oxygen atoms in total. The molecule has 5 aromatic rings. The summed E-state index contributed by atoms with van der Waals surface area (Å²) in [6.45, 7) is 10.0. The van der Waals surface area contributed by atoms with Crippen molar-refractivity contribution in [2.24, 2.45) is 0 Å². The van der Waals surface area contributed by atoms with Crippen molar-refractivity contribution in [1.29, 1.82) is 0 Å². The maximum absolute atomic E-state index is 6.44. The number of nitrogens with zero attached hydrogens (tertiary/aromatic N) is 5. The van der Waals surface area contributed by atoms with Gasteiger partial charge in [0.05, 0.1) is 13.2 Å². The molecule has 0 bridgehead atoms. The van der Waals surface area contributed by atoms with Crippen molar-refractivity contribution in [2.45, 2.75) is 58.2 Å². The Morgan fingerprint density at radius 2 is 1.10 bits per heavy atom. The van der Waals surface area contributed by atoms with E-state index in [-0.39, 0.29) is 0 Å².